The van der Waals surface area contributed by atoms with Crippen LogP contribution in [0.4, 0.5) is 0 Å². The van der Waals surface area contributed by atoms with Gasteiger partial charge in [0.05, 0.1) is 13.2 Å². The van der Waals surface area contributed by atoms with E-state index in [1.807, 2.05) is 12.1 Å². The van der Waals surface area contributed by atoms with Crippen molar-refractivity contribution in [3.05, 3.63) is 29.8 Å². The number of nitrogens with two attached hydrogens (primary N) is 1. The predicted octanol–water partition coefficient (Wildman–Crippen LogP) is 2.25. The van der Waals surface area contributed by atoms with Crippen molar-refractivity contribution in [1.29, 1.82) is 0 Å². The Bertz CT molecular complexity index is 440. The Morgan fingerprint density at radius 3 is 2.60 bits per heavy atom. The smallest absolute Gasteiger partial charge is 0.172 e. The van der Waals surface area contributed by atoms with Gasteiger partial charge in [-0.25, -0.2) is 0 Å². The van der Waals surface area contributed by atoms with Gasteiger partial charge in [0.2, 0.25) is 0 Å². The van der Waals surface area contributed by atoms with Crippen LogP contribution in [-0.2, 0) is 15.9 Å². The highest BCUT2D eigenvalue weighted by atomic mass is 16.7. The first-order valence-electron chi connectivity index (χ1n) is 7.50. The first kappa shape index (κ1) is 13.9. The molecule has 1 aliphatic heterocycles. The second-order valence-electron chi connectivity index (χ2n) is 5.67. The molecule has 1 aromatic carbocycles. The van der Waals surface area contributed by atoms with Crippen LogP contribution < -0.4 is 10.5 Å². The zero-order valence-electron chi connectivity index (χ0n) is 12.0. The molecule has 1 spiro atoms. The molecule has 2 fully saturated rings. The van der Waals surface area contributed by atoms with E-state index in [1.54, 1.807) is 0 Å². The van der Waals surface area contributed by atoms with Gasteiger partial charge in [0.15, 0.2) is 5.79 Å². The molecule has 0 aromatic heterocycles. The minimum absolute atomic E-state index is 0.0410. The number of ether oxygens (including phenoxy) is 3. The second kappa shape index (κ2) is 5.72. The number of rotatable bonds is 3. The Balaban J connectivity index is 1.67. The van der Waals surface area contributed by atoms with Gasteiger partial charge in [0, 0.05) is 18.9 Å². The number of aryl methyl sites for hydroxylation is 1. The topological polar surface area (TPSA) is 53.7 Å². The molecule has 3 rings (SSSR count). The van der Waals surface area contributed by atoms with Gasteiger partial charge in [-0.1, -0.05) is 19.1 Å². The lowest BCUT2D eigenvalue weighted by atomic mass is 9.88. The minimum Gasteiger partial charge on any atom is -0.489 e. The molecule has 1 heterocycles. The Morgan fingerprint density at radius 2 is 1.95 bits per heavy atom. The van der Waals surface area contributed by atoms with Crippen LogP contribution in [0.15, 0.2) is 24.3 Å². The zero-order valence-corrected chi connectivity index (χ0v) is 12.0. The van der Waals surface area contributed by atoms with E-state index in [4.69, 9.17) is 19.9 Å². The van der Waals surface area contributed by atoms with E-state index in [0.29, 0.717) is 19.6 Å². The van der Waals surface area contributed by atoms with Gasteiger partial charge >= 0.3 is 0 Å². The van der Waals surface area contributed by atoms with Crippen molar-refractivity contribution in [2.45, 2.75) is 50.5 Å². The van der Waals surface area contributed by atoms with Gasteiger partial charge < -0.3 is 19.9 Å². The highest BCUT2D eigenvalue weighted by Gasteiger charge is 2.45. The number of hydrogen-bond donors (Lipinski definition) is 1. The Hall–Kier alpha value is -1.10. The van der Waals surface area contributed by atoms with E-state index in [0.717, 1.165) is 25.0 Å². The van der Waals surface area contributed by atoms with E-state index in [1.165, 1.54) is 5.56 Å². The molecule has 0 amide bonds. The molecule has 1 saturated heterocycles. The fraction of sp³-hybridized carbons (Fsp3) is 0.625. The summed E-state index contributed by atoms with van der Waals surface area (Å²) >= 11 is 0. The van der Waals surface area contributed by atoms with Crippen LogP contribution in [0, 0.1) is 0 Å². The van der Waals surface area contributed by atoms with Crippen molar-refractivity contribution in [1.82, 2.24) is 0 Å². The SMILES string of the molecule is CCc1ccc(OC2CC3(CCC2N)OCCO3)cc1. The second-order valence-corrected chi connectivity index (χ2v) is 5.67. The first-order valence-corrected chi connectivity index (χ1v) is 7.50. The third kappa shape index (κ3) is 2.82. The van der Waals surface area contributed by atoms with E-state index in [-0.39, 0.29) is 12.1 Å². The van der Waals surface area contributed by atoms with E-state index >= 15 is 0 Å². The molecule has 1 aliphatic carbocycles. The van der Waals surface area contributed by atoms with E-state index in [2.05, 4.69) is 19.1 Å². The summed E-state index contributed by atoms with van der Waals surface area (Å²) in [6.45, 7) is 3.49. The van der Waals surface area contributed by atoms with Gasteiger partial charge in [-0.2, -0.15) is 0 Å². The van der Waals surface area contributed by atoms with Crippen molar-refractivity contribution in [2.24, 2.45) is 5.73 Å². The monoisotopic (exact) mass is 277 g/mol. The fourth-order valence-corrected chi connectivity index (χ4v) is 3.00. The molecule has 2 atom stereocenters. The Kier molecular flexibility index (Phi) is 3.96. The number of benzene rings is 1. The summed E-state index contributed by atoms with van der Waals surface area (Å²) < 4.78 is 17.6. The summed E-state index contributed by atoms with van der Waals surface area (Å²) in [6.07, 6.45) is 3.44. The minimum atomic E-state index is -0.454. The molecule has 1 aromatic rings. The van der Waals surface area contributed by atoms with Crippen LogP contribution in [0.25, 0.3) is 0 Å². The number of hydrogen-bond acceptors (Lipinski definition) is 4. The molecule has 4 nitrogen and oxygen atoms in total. The van der Waals surface area contributed by atoms with Crippen LogP contribution in [0.5, 0.6) is 5.75 Å². The van der Waals surface area contributed by atoms with Gasteiger partial charge in [0.25, 0.3) is 0 Å². The summed E-state index contributed by atoms with van der Waals surface area (Å²) in [6, 6.07) is 8.27. The largest absolute Gasteiger partial charge is 0.489 e. The lowest BCUT2D eigenvalue weighted by molar-refractivity contribution is -0.195. The van der Waals surface area contributed by atoms with Gasteiger partial charge in [-0.05, 0) is 30.5 Å². The van der Waals surface area contributed by atoms with Crippen molar-refractivity contribution in [3.8, 4) is 5.75 Å². The first-order chi connectivity index (χ1) is 9.71. The van der Waals surface area contributed by atoms with Crippen LogP contribution in [0.3, 0.4) is 0 Å². The molecule has 0 radical (unpaired) electrons. The average Bonchev–Trinajstić information content (AvgIpc) is 2.92. The van der Waals surface area contributed by atoms with Crippen LogP contribution in [0.1, 0.15) is 31.7 Å². The average molecular weight is 277 g/mol. The molecule has 2 N–H and O–H groups in total. The van der Waals surface area contributed by atoms with Gasteiger partial charge in [0.1, 0.15) is 11.9 Å². The fourth-order valence-electron chi connectivity index (χ4n) is 3.00. The molecule has 1 saturated carbocycles. The van der Waals surface area contributed by atoms with Gasteiger partial charge in [-0.15, -0.1) is 0 Å². The maximum Gasteiger partial charge on any atom is 0.172 e. The Morgan fingerprint density at radius 1 is 1.25 bits per heavy atom. The molecule has 2 unspecified atom stereocenters. The zero-order chi connectivity index (χ0) is 14.0. The van der Waals surface area contributed by atoms with Crippen molar-refractivity contribution < 1.29 is 14.2 Å². The third-order valence-corrected chi connectivity index (χ3v) is 4.28. The molecule has 0 bridgehead atoms. The third-order valence-electron chi connectivity index (χ3n) is 4.28. The van der Waals surface area contributed by atoms with Crippen molar-refractivity contribution >= 4 is 0 Å². The molecule has 20 heavy (non-hydrogen) atoms. The predicted molar refractivity (Wildman–Crippen MR) is 76.7 cm³/mol. The molecular weight excluding hydrogens is 254 g/mol. The normalized spacial score (nSPS) is 28.7. The van der Waals surface area contributed by atoms with Crippen LogP contribution >= 0.6 is 0 Å². The summed E-state index contributed by atoms with van der Waals surface area (Å²) in [4.78, 5) is 0. The maximum absolute atomic E-state index is 6.20. The maximum atomic E-state index is 6.20. The summed E-state index contributed by atoms with van der Waals surface area (Å²) in [5, 5.41) is 0. The van der Waals surface area contributed by atoms with E-state index in [9.17, 15) is 0 Å². The van der Waals surface area contributed by atoms with Crippen molar-refractivity contribution in [2.75, 3.05) is 13.2 Å². The summed E-state index contributed by atoms with van der Waals surface area (Å²) in [7, 11) is 0. The van der Waals surface area contributed by atoms with Crippen molar-refractivity contribution in [3.63, 3.8) is 0 Å². The molecular formula is C16H23NO3. The van der Waals surface area contributed by atoms with E-state index < -0.39 is 5.79 Å². The summed E-state index contributed by atoms with van der Waals surface area (Å²) in [5.41, 5.74) is 7.51. The Labute approximate surface area is 120 Å². The molecule has 110 valence electrons. The lowest BCUT2D eigenvalue weighted by Crippen LogP contribution is -2.51. The van der Waals surface area contributed by atoms with Gasteiger partial charge in [-0.3, -0.25) is 0 Å². The quantitative estimate of drug-likeness (QED) is 0.920. The highest BCUT2D eigenvalue weighted by molar-refractivity contribution is 5.27. The highest BCUT2D eigenvalue weighted by Crippen LogP contribution is 2.36. The lowest BCUT2D eigenvalue weighted by Gasteiger charge is -2.39. The summed E-state index contributed by atoms with van der Waals surface area (Å²) in [5.74, 6) is 0.418. The van der Waals surface area contributed by atoms with Crippen LogP contribution in [0.2, 0.25) is 0 Å². The molecule has 4 heteroatoms. The van der Waals surface area contributed by atoms with Crippen LogP contribution in [-0.4, -0.2) is 31.1 Å². The standard InChI is InChI=1S/C16H23NO3/c1-2-12-3-5-13(6-4-12)20-15-11-16(8-7-14(15)17)18-9-10-19-16/h3-6,14-15H,2,7-11,17H2,1H3. The molecule has 2 aliphatic rings.